The van der Waals surface area contributed by atoms with Crippen LogP contribution in [-0.4, -0.2) is 21.8 Å². The van der Waals surface area contributed by atoms with Gasteiger partial charge in [-0.1, -0.05) is 56.2 Å². The lowest BCUT2D eigenvalue weighted by Gasteiger charge is -2.20. The standard InChI is InChI=1S/C21H36O3/c1-3-4-18-21(2,24)19-16-14-12-10-8-6-5-7-9-11-13-15-17-20(22)23/h9-12,14,16,24H,3-8,13,15,17-19H2,1-2H3,(H,22,23). The zero-order valence-corrected chi connectivity index (χ0v) is 15.5. The highest BCUT2D eigenvalue weighted by Gasteiger charge is 2.16. The molecule has 3 nitrogen and oxygen atoms in total. The van der Waals surface area contributed by atoms with Gasteiger partial charge in [0.1, 0.15) is 0 Å². The van der Waals surface area contributed by atoms with Crippen molar-refractivity contribution in [1.82, 2.24) is 0 Å². The smallest absolute Gasteiger partial charge is 0.303 e. The quantitative estimate of drug-likeness (QED) is 0.226. The molecular formula is C21H36O3. The summed E-state index contributed by atoms with van der Waals surface area (Å²) in [4.78, 5) is 10.3. The van der Waals surface area contributed by atoms with Crippen molar-refractivity contribution in [2.75, 3.05) is 0 Å². The molecule has 0 aliphatic rings. The van der Waals surface area contributed by atoms with E-state index in [1.165, 1.54) is 0 Å². The highest BCUT2D eigenvalue weighted by Crippen LogP contribution is 2.18. The first-order valence-corrected chi connectivity index (χ1v) is 9.39. The maximum Gasteiger partial charge on any atom is 0.303 e. The number of rotatable bonds is 15. The van der Waals surface area contributed by atoms with Gasteiger partial charge < -0.3 is 10.2 Å². The maximum absolute atomic E-state index is 10.3. The SMILES string of the molecule is CCCCC(C)(O)CC=CC=CCCCCC=CCCCC(=O)O. The van der Waals surface area contributed by atoms with Gasteiger partial charge in [-0.25, -0.2) is 0 Å². The minimum absolute atomic E-state index is 0.261. The summed E-state index contributed by atoms with van der Waals surface area (Å²) in [5, 5.41) is 18.7. The number of carboxylic acid groups (broad SMARTS) is 1. The topological polar surface area (TPSA) is 57.5 Å². The minimum Gasteiger partial charge on any atom is -0.481 e. The number of unbranched alkanes of at least 4 members (excludes halogenated alkanes) is 5. The lowest BCUT2D eigenvalue weighted by Crippen LogP contribution is -2.22. The summed E-state index contributed by atoms with van der Waals surface area (Å²) in [7, 11) is 0. The molecule has 0 amide bonds. The second kappa shape index (κ2) is 15.2. The van der Waals surface area contributed by atoms with Crippen molar-refractivity contribution in [3.8, 4) is 0 Å². The van der Waals surface area contributed by atoms with Crippen molar-refractivity contribution in [3.63, 3.8) is 0 Å². The zero-order valence-electron chi connectivity index (χ0n) is 15.5. The lowest BCUT2D eigenvalue weighted by atomic mass is 9.95. The van der Waals surface area contributed by atoms with Crippen molar-refractivity contribution >= 4 is 5.97 Å². The third kappa shape index (κ3) is 17.0. The highest BCUT2D eigenvalue weighted by atomic mass is 16.4. The molecule has 2 N–H and O–H groups in total. The monoisotopic (exact) mass is 336 g/mol. The number of hydrogen-bond acceptors (Lipinski definition) is 2. The van der Waals surface area contributed by atoms with Gasteiger partial charge in [-0.3, -0.25) is 4.79 Å². The van der Waals surface area contributed by atoms with E-state index in [9.17, 15) is 9.90 Å². The van der Waals surface area contributed by atoms with Crippen LogP contribution in [0.1, 0.15) is 84.5 Å². The summed E-state index contributed by atoms with van der Waals surface area (Å²) < 4.78 is 0. The van der Waals surface area contributed by atoms with E-state index in [0.29, 0.717) is 6.42 Å². The zero-order chi connectivity index (χ0) is 18.1. The van der Waals surface area contributed by atoms with Crippen LogP contribution in [0.4, 0.5) is 0 Å². The fourth-order valence-electron chi connectivity index (χ4n) is 2.37. The Morgan fingerprint density at radius 1 is 0.917 bits per heavy atom. The number of hydrogen-bond donors (Lipinski definition) is 2. The molecule has 0 heterocycles. The predicted molar refractivity (Wildman–Crippen MR) is 102 cm³/mol. The minimum atomic E-state index is -0.714. The largest absolute Gasteiger partial charge is 0.481 e. The third-order valence-electron chi connectivity index (χ3n) is 3.93. The molecule has 0 saturated carbocycles. The van der Waals surface area contributed by atoms with Crippen LogP contribution in [0, 0.1) is 0 Å². The van der Waals surface area contributed by atoms with E-state index >= 15 is 0 Å². The first-order valence-electron chi connectivity index (χ1n) is 9.39. The second-order valence-corrected chi connectivity index (χ2v) is 6.70. The molecule has 1 unspecified atom stereocenters. The molecular weight excluding hydrogens is 300 g/mol. The van der Waals surface area contributed by atoms with Gasteiger partial charge in [0, 0.05) is 6.42 Å². The van der Waals surface area contributed by atoms with Crippen molar-refractivity contribution in [2.45, 2.75) is 90.1 Å². The Balaban J connectivity index is 3.54. The summed E-state index contributed by atoms with van der Waals surface area (Å²) in [6, 6.07) is 0. The molecule has 0 saturated heterocycles. The van der Waals surface area contributed by atoms with Gasteiger partial charge >= 0.3 is 5.97 Å². The first-order chi connectivity index (χ1) is 11.5. The van der Waals surface area contributed by atoms with Crippen molar-refractivity contribution in [3.05, 3.63) is 36.5 Å². The Morgan fingerprint density at radius 2 is 1.50 bits per heavy atom. The van der Waals surface area contributed by atoms with Gasteiger partial charge in [0.2, 0.25) is 0 Å². The summed E-state index contributed by atoms with van der Waals surface area (Å²) in [6.45, 7) is 4.05. The molecule has 0 rings (SSSR count). The van der Waals surface area contributed by atoms with E-state index in [1.807, 2.05) is 19.1 Å². The summed E-state index contributed by atoms with van der Waals surface area (Å²) in [6.07, 6.45) is 22.7. The van der Waals surface area contributed by atoms with Crippen molar-refractivity contribution in [1.29, 1.82) is 0 Å². The van der Waals surface area contributed by atoms with E-state index < -0.39 is 11.6 Å². The average molecular weight is 337 g/mol. The molecule has 3 heteroatoms. The molecule has 1 atom stereocenters. The van der Waals surface area contributed by atoms with Crippen LogP contribution in [0.3, 0.4) is 0 Å². The van der Waals surface area contributed by atoms with E-state index in [1.54, 1.807) is 0 Å². The van der Waals surface area contributed by atoms with Gasteiger partial charge in [0.15, 0.2) is 0 Å². The van der Waals surface area contributed by atoms with Crippen LogP contribution in [0.25, 0.3) is 0 Å². The maximum atomic E-state index is 10.3. The third-order valence-corrected chi connectivity index (χ3v) is 3.93. The van der Waals surface area contributed by atoms with Gasteiger partial charge in [-0.2, -0.15) is 0 Å². The molecule has 0 bridgehead atoms. The Bertz CT molecular complexity index is 392. The van der Waals surface area contributed by atoms with E-state index in [2.05, 4.69) is 31.2 Å². The van der Waals surface area contributed by atoms with Crippen LogP contribution < -0.4 is 0 Å². The molecule has 138 valence electrons. The van der Waals surface area contributed by atoms with Crippen LogP contribution in [0.15, 0.2) is 36.5 Å². The van der Waals surface area contributed by atoms with E-state index in [0.717, 1.165) is 57.8 Å². The fourth-order valence-corrected chi connectivity index (χ4v) is 2.37. The predicted octanol–water partition coefficient (Wildman–Crippen LogP) is 5.80. The molecule has 0 fully saturated rings. The Labute approximate surface area is 148 Å². The number of aliphatic hydroxyl groups is 1. The Kier molecular flexibility index (Phi) is 14.3. The number of allylic oxidation sites excluding steroid dienone is 5. The molecule has 0 spiro atoms. The van der Waals surface area contributed by atoms with Crippen LogP contribution in [0.5, 0.6) is 0 Å². The lowest BCUT2D eigenvalue weighted by molar-refractivity contribution is -0.137. The molecule has 0 aromatic rings. The summed E-state index contributed by atoms with van der Waals surface area (Å²) >= 11 is 0. The number of aliphatic carboxylic acids is 1. The van der Waals surface area contributed by atoms with Crippen LogP contribution in [0.2, 0.25) is 0 Å². The Hall–Kier alpha value is -1.35. The van der Waals surface area contributed by atoms with Gasteiger partial charge in [0.05, 0.1) is 5.60 Å². The summed E-state index contributed by atoms with van der Waals surface area (Å²) in [5.41, 5.74) is -0.572. The fraction of sp³-hybridized carbons (Fsp3) is 0.667. The molecule has 0 aromatic heterocycles. The van der Waals surface area contributed by atoms with Gasteiger partial charge in [0.25, 0.3) is 0 Å². The van der Waals surface area contributed by atoms with Gasteiger partial charge in [-0.05, 0) is 58.3 Å². The molecule has 0 radical (unpaired) electrons. The van der Waals surface area contributed by atoms with E-state index in [4.69, 9.17) is 5.11 Å². The average Bonchev–Trinajstić information content (AvgIpc) is 2.53. The molecule has 24 heavy (non-hydrogen) atoms. The van der Waals surface area contributed by atoms with Crippen molar-refractivity contribution in [2.24, 2.45) is 0 Å². The molecule has 0 aromatic carbocycles. The molecule has 0 aliphatic heterocycles. The number of carbonyl (C=O) groups is 1. The molecule has 0 aliphatic carbocycles. The number of carboxylic acids is 1. The van der Waals surface area contributed by atoms with Gasteiger partial charge in [-0.15, -0.1) is 0 Å². The first kappa shape index (κ1) is 22.6. The van der Waals surface area contributed by atoms with E-state index in [-0.39, 0.29) is 6.42 Å². The Morgan fingerprint density at radius 3 is 2.12 bits per heavy atom. The highest BCUT2D eigenvalue weighted by molar-refractivity contribution is 5.66. The second-order valence-electron chi connectivity index (χ2n) is 6.70. The van der Waals surface area contributed by atoms with Crippen molar-refractivity contribution < 1.29 is 15.0 Å². The summed E-state index contributed by atoms with van der Waals surface area (Å²) in [5.74, 6) is -0.714. The van der Waals surface area contributed by atoms with Crippen LogP contribution in [-0.2, 0) is 4.79 Å². The van der Waals surface area contributed by atoms with Crippen LogP contribution >= 0.6 is 0 Å². The normalized spacial score (nSPS) is 14.8.